The van der Waals surface area contributed by atoms with Crippen LogP contribution in [-0.4, -0.2) is 28.5 Å². The molecule has 2 heterocycles. The van der Waals surface area contributed by atoms with E-state index in [0.717, 1.165) is 55.6 Å². The van der Waals surface area contributed by atoms with Gasteiger partial charge in [0.05, 0.1) is 5.69 Å². The quantitative estimate of drug-likeness (QED) is 0.929. The lowest BCUT2D eigenvalue weighted by molar-refractivity contribution is 0.0992. The first kappa shape index (κ1) is 15.9. The van der Waals surface area contributed by atoms with Gasteiger partial charge < -0.3 is 10.6 Å². The van der Waals surface area contributed by atoms with Crippen molar-refractivity contribution in [3.8, 4) is 11.3 Å². The summed E-state index contributed by atoms with van der Waals surface area (Å²) in [6.07, 6.45) is 3.64. The molecule has 1 amide bonds. The fraction of sp³-hybridized carbons (Fsp3) is 0.389. The molecule has 0 radical (unpaired) electrons. The topological polar surface area (TPSA) is 72.1 Å². The van der Waals surface area contributed by atoms with E-state index < -0.39 is 23.1 Å². The molecule has 2 N–H and O–H groups in total. The molecule has 1 aliphatic heterocycles. The molecule has 0 spiro atoms. The fourth-order valence-corrected chi connectivity index (χ4v) is 3.55. The summed E-state index contributed by atoms with van der Waals surface area (Å²) in [5, 5.41) is 0. The maximum Gasteiger partial charge on any atom is 0.254 e. The Hall–Kier alpha value is -2.57. The molecule has 25 heavy (non-hydrogen) atoms. The summed E-state index contributed by atoms with van der Waals surface area (Å²) in [6, 6.07) is 2.62. The van der Waals surface area contributed by atoms with E-state index in [0.29, 0.717) is 23.2 Å². The number of hydrogen-bond acceptors (Lipinski definition) is 4. The summed E-state index contributed by atoms with van der Waals surface area (Å²) in [6.45, 7) is 2.98. The van der Waals surface area contributed by atoms with Gasteiger partial charge in [0.1, 0.15) is 17.2 Å². The van der Waals surface area contributed by atoms with Crippen molar-refractivity contribution in [2.75, 3.05) is 11.4 Å². The average Bonchev–Trinajstić information content (AvgIpc) is 3.00. The van der Waals surface area contributed by atoms with Crippen LogP contribution in [0, 0.1) is 11.6 Å². The van der Waals surface area contributed by atoms with Crippen LogP contribution in [0.1, 0.15) is 41.4 Å². The number of benzene rings is 1. The number of primary amides is 1. The molecule has 7 heteroatoms. The van der Waals surface area contributed by atoms with Gasteiger partial charge >= 0.3 is 0 Å². The van der Waals surface area contributed by atoms with Gasteiger partial charge in [0, 0.05) is 29.4 Å². The largest absolute Gasteiger partial charge is 0.365 e. The molecule has 0 bridgehead atoms. The van der Waals surface area contributed by atoms with Gasteiger partial charge in [-0.2, -0.15) is 0 Å². The second kappa shape index (κ2) is 5.75. The third-order valence-electron chi connectivity index (χ3n) is 5.06. The Morgan fingerprint density at radius 2 is 1.96 bits per heavy atom. The number of aryl methyl sites for hydroxylation is 1. The molecule has 1 fully saturated rings. The van der Waals surface area contributed by atoms with Crippen molar-refractivity contribution >= 4 is 11.9 Å². The summed E-state index contributed by atoms with van der Waals surface area (Å²) in [4.78, 5) is 22.6. The Morgan fingerprint density at radius 3 is 2.52 bits per heavy atom. The predicted molar refractivity (Wildman–Crippen MR) is 89.4 cm³/mol. The lowest BCUT2D eigenvalue weighted by atomic mass is 10.0. The number of anilines is 1. The van der Waals surface area contributed by atoms with E-state index in [1.165, 1.54) is 0 Å². The van der Waals surface area contributed by atoms with Crippen molar-refractivity contribution in [3.05, 3.63) is 40.6 Å². The monoisotopic (exact) mass is 344 g/mol. The standard InChI is InChI=1S/C18H18F2N4O/c1-9-5-6-24(9)18-22-14-4-2-3-11(14)16(23-18)10-7-12(19)15(17(21)25)13(20)8-10/h7-9H,2-6H2,1H3,(H2,21,25)/t9-/m0/s1. The number of halogens is 2. The Kier molecular flexibility index (Phi) is 3.67. The minimum Gasteiger partial charge on any atom is -0.365 e. The molecule has 2 aliphatic rings. The van der Waals surface area contributed by atoms with Crippen LogP contribution in [0.5, 0.6) is 0 Å². The molecule has 1 aromatic heterocycles. The summed E-state index contributed by atoms with van der Waals surface area (Å²) in [5.74, 6) is -2.45. The Bertz CT molecular complexity index is 861. The molecule has 1 saturated heterocycles. The molecule has 2 aromatic rings. The van der Waals surface area contributed by atoms with Crippen molar-refractivity contribution < 1.29 is 13.6 Å². The lowest BCUT2D eigenvalue weighted by Crippen LogP contribution is -2.46. The van der Waals surface area contributed by atoms with Crippen molar-refractivity contribution in [2.45, 2.75) is 38.6 Å². The maximum absolute atomic E-state index is 14.2. The second-order valence-corrected chi connectivity index (χ2v) is 6.66. The highest BCUT2D eigenvalue weighted by Gasteiger charge is 2.29. The number of hydrogen-bond donors (Lipinski definition) is 1. The highest BCUT2D eigenvalue weighted by Crippen LogP contribution is 2.35. The van der Waals surface area contributed by atoms with E-state index in [1.54, 1.807) is 0 Å². The zero-order valence-electron chi connectivity index (χ0n) is 13.9. The zero-order chi connectivity index (χ0) is 17.7. The Balaban J connectivity index is 1.86. The first-order valence-electron chi connectivity index (χ1n) is 8.41. The number of amides is 1. The van der Waals surface area contributed by atoms with E-state index in [4.69, 9.17) is 5.73 Å². The molecule has 1 aliphatic carbocycles. The maximum atomic E-state index is 14.2. The van der Waals surface area contributed by atoms with Gasteiger partial charge in [-0.25, -0.2) is 18.7 Å². The predicted octanol–water partition coefficient (Wildman–Crippen LogP) is 2.61. The summed E-state index contributed by atoms with van der Waals surface area (Å²) in [5.41, 5.74) is 7.07. The summed E-state index contributed by atoms with van der Waals surface area (Å²) >= 11 is 0. The van der Waals surface area contributed by atoms with Crippen molar-refractivity contribution in [3.63, 3.8) is 0 Å². The number of carbonyl (C=O) groups excluding carboxylic acids is 1. The van der Waals surface area contributed by atoms with E-state index in [1.807, 2.05) is 0 Å². The van der Waals surface area contributed by atoms with E-state index >= 15 is 0 Å². The molecule has 1 atom stereocenters. The molecule has 4 rings (SSSR count). The van der Waals surface area contributed by atoms with Gasteiger partial charge in [-0.05, 0) is 44.7 Å². The first-order chi connectivity index (χ1) is 12.0. The highest BCUT2D eigenvalue weighted by atomic mass is 19.1. The van der Waals surface area contributed by atoms with Gasteiger partial charge in [0.25, 0.3) is 5.91 Å². The van der Waals surface area contributed by atoms with Crippen LogP contribution in [0.3, 0.4) is 0 Å². The molecular weight excluding hydrogens is 326 g/mol. The van der Waals surface area contributed by atoms with Crippen LogP contribution in [0.25, 0.3) is 11.3 Å². The van der Waals surface area contributed by atoms with Crippen molar-refractivity contribution in [1.29, 1.82) is 0 Å². The molecule has 1 aromatic carbocycles. The van der Waals surface area contributed by atoms with Crippen LogP contribution >= 0.6 is 0 Å². The fourth-order valence-electron chi connectivity index (χ4n) is 3.55. The third-order valence-corrected chi connectivity index (χ3v) is 5.06. The number of carbonyl (C=O) groups is 1. The van der Waals surface area contributed by atoms with Gasteiger partial charge in [-0.3, -0.25) is 4.79 Å². The summed E-state index contributed by atoms with van der Waals surface area (Å²) in [7, 11) is 0. The minimum atomic E-state index is -1.12. The second-order valence-electron chi connectivity index (χ2n) is 6.66. The smallest absolute Gasteiger partial charge is 0.254 e. The molecule has 0 saturated carbocycles. The van der Waals surface area contributed by atoms with E-state index in [2.05, 4.69) is 21.8 Å². The Morgan fingerprint density at radius 1 is 1.24 bits per heavy atom. The highest BCUT2D eigenvalue weighted by molar-refractivity contribution is 5.94. The SMILES string of the molecule is C[C@H]1CCN1c1nc2c(c(-c3cc(F)c(C(N)=O)c(F)c3)n1)CCC2. The summed E-state index contributed by atoms with van der Waals surface area (Å²) < 4.78 is 28.4. The van der Waals surface area contributed by atoms with Crippen LogP contribution < -0.4 is 10.6 Å². The van der Waals surface area contributed by atoms with Crippen LogP contribution in [0.2, 0.25) is 0 Å². The number of rotatable bonds is 3. The molecule has 0 unspecified atom stereocenters. The third kappa shape index (κ3) is 2.54. The van der Waals surface area contributed by atoms with Crippen LogP contribution in [0.4, 0.5) is 14.7 Å². The number of nitrogens with zero attached hydrogens (tertiary/aromatic N) is 3. The molecule has 130 valence electrons. The van der Waals surface area contributed by atoms with Gasteiger partial charge in [-0.1, -0.05) is 0 Å². The molecular formula is C18H18F2N4O. The first-order valence-corrected chi connectivity index (χ1v) is 8.41. The van der Waals surface area contributed by atoms with Gasteiger partial charge in [-0.15, -0.1) is 0 Å². The van der Waals surface area contributed by atoms with Crippen LogP contribution in [-0.2, 0) is 12.8 Å². The average molecular weight is 344 g/mol. The minimum absolute atomic E-state index is 0.315. The van der Waals surface area contributed by atoms with Gasteiger partial charge in [0.15, 0.2) is 0 Å². The number of fused-ring (bicyclic) bond motifs is 1. The van der Waals surface area contributed by atoms with Crippen molar-refractivity contribution in [1.82, 2.24) is 9.97 Å². The van der Waals surface area contributed by atoms with Crippen molar-refractivity contribution in [2.24, 2.45) is 5.73 Å². The Labute approximate surface area is 143 Å². The van der Waals surface area contributed by atoms with Gasteiger partial charge in [0.2, 0.25) is 5.95 Å². The van der Waals surface area contributed by atoms with Crippen LogP contribution in [0.15, 0.2) is 12.1 Å². The zero-order valence-corrected chi connectivity index (χ0v) is 13.9. The lowest BCUT2D eigenvalue weighted by Gasteiger charge is -2.39. The van der Waals surface area contributed by atoms with E-state index in [9.17, 15) is 13.6 Å². The normalized spacial score (nSPS) is 18.8. The number of nitrogens with two attached hydrogens (primary N) is 1. The van der Waals surface area contributed by atoms with E-state index in [-0.39, 0.29) is 0 Å². The molecule has 5 nitrogen and oxygen atoms in total. The number of aromatic nitrogens is 2.